The largest absolute Gasteiger partial charge is 1.00 e. The van der Waals surface area contributed by atoms with Crippen LogP contribution in [0.4, 0.5) is 0 Å². The van der Waals surface area contributed by atoms with Crippen molar-refractivity contribution in [2.75, 3.05) is 12.3 Å². The zero-order chi connectivity index (χ0) is 21.6. The third-order valence-electron chi connectivity index (χ3n) is 5.06. The predicted molar refractivity (Wildman–Crippen MR) is 122 cm³/mol. The average molecular weight is 470 g/mol. The van der Waals surface area contributed by atoms with Crippen LogP contribution >= 0.6 is 0 Å². The molecule has 7 heteroatoms. The summed E-state index contributed by atoms with van der Waals surface area (Å²) in [6, 6.07) is 0. The molecule has 0 saturated carbocycles. The monoisotopic (exact) mass is 469 g/mol. The molecule has 5 nitrogen and oxygen atoms in total. The van der Waals surface area contributed by atoms with Crippen molar-refractivity contribution in [2.45, 2.75) is 116 Å². The molecule has 0 aliphatic carbocycles. The van der Waals surface area contributed by atoms with Gasteiger partial charge in [-0.3, -0.25) is 4.55 Å². The molecule has 1 N–H and O–H groups in total. The molecule has 0 rings (SSSR count). The molecule has 0 aromatic carbocycles. The standard InChI is InChI=1S/C23H45NO4S.K/c1-2-3-4-5-6-7-8-9-10-11-12-13-14-15-16-17-18-20-23(25)24-21-19-22-29(26,27)28;/h18,20H,2-17,19,21-22H2,1H3,(H,24,25)(H,26,27,28);/q;+1/p-1/b20-18+;. The van der Waals surface area contributed by atoms with E-state index in [4.69, 9.17) is 4.55 Å². The molecule has 0 aromatic heterocycles. The van der Waals surface area contributed by atoms with Crippen LogP contribution in [0.25, 0.3) is 0 Å². The van der Waals surface area contributed by atoms with E-state index in [0.29, 0.717) is 0 Å². The van der Waals surface area contributed by atoms with Crippen molar-refractivity contribution >= 4 is 16.0 Å². The van der Waals surface area contributed by atoms with Crippen LogP contribution in [0.5, 0.6) is 0 Å². The maximum atomic E-state index is 11.5. The number of rotatable bonds is 21. The van der Waals surface area contributed by atoms with Gasteiger partial charge in [-0.05, 0) is 25.2 Å². The number of allylic oxidation sites excluding steroid dienone is 1. The zero-order valence-corrected chi connectivity index (χ0v) is 23.6. The first kappa shape index (κ1) is 32.9. The molecule has 0 bridgehead atoms. The van der Waals surface area contributed by atoms with Crippen LogP contribution in [0, 0.1) is 0 Å². The first-order valence-corrected chi connectivity index (χ1v) is 13.4. The van der Waals surface area contributed by atoms with Gasteiger partial charge in [0.1, 0.15) is 0 Å². The molecule has 0 fully saturated rings. The number of nitrogens with zero attached hydrogens (tertiary/aromatic N) is 1. The van der Waals surface area contributed by atoms with E-state index in [1.54, 1.807) is 0 Å². The van der Waals surface area contributed by atoms with E-state index in [2.05, 4.69) is 11.9 Å². The number of hydrogen-bond acceptors (Lipinski definition) is 4. The second-order valence-electron chi connectivity index (χ2n) is 8.00. The van der Waals surface area contributed by atoms with E-state index >= 15 is 0 Å². The van der Waals surface area contributed by atoms with Crippen molar-refractivity contribution in [3.8, 4) is 0 Å². The molecule has 0 spiro atoms. The molecule has 0 radical (unpaired) electrons. The smallest absolute Gasteiger partial charge is 0.859 e. The van der Waals surface area contributed by atoms with Crippen molar-refractivity contribution in [2.24, 2.45) is 4.99 Å². The van der Waals surface area contributed by atoms with E-state index in [9.17, 15) is 13.5 Å². The topological polar surface area (TPSA) is 89.8 Å². The summed E-state index contributed by atoms with van der Waals surface area (Å²) in [5, 5.41) is 11.5. The molecule has 0 heterocycles. The van der Waals surface area contributed by atoms with Gasteiger partial charge < -0.3 is 10.1 Å². The molecule has 0 aliphatic rings. The second-order valence-corrected chi connectivity index (χ2v) is 9.57. The van der Waals surface area contributed by atoms with Gasteiger partial charge in [0.25, 0.3) is 10.1 Å². The van der Waals surface area contributed by atoms with Crippen LogP contribution in [-0.2, 0) is 10.1 Å². The Hall–Kier alpha value is 0.756. The van der Waals surface area contributed by atoms with Crippen molar-refractivity contribution < 1.29 is 69.5 Å². The minimum Gasteiger partial charge on any atom is -0.859 e. The van der Waals surface area contributed by atoms with Crippen LogP contribution in [-0.4, -0.2) is 31.2 Å². The van der Waals surface area contributed by atoms with Gasteiger partial charge in [0.2, 0.25) is 0 Å². The number of unbranched alkanes of at least 4 members (excludes halogenated alkanes) is 15. The van der Waals surface area contributed by atoms with Crippen LogP contribution in [0.2, 0.25) is 0 Å². The first-order valence-electron chi connectivity index (χ1n) is 11.8. The van der Waals surface area contributed by atoms with Crippen LogP contribution in [0.3, 0.4) is 0 Å². The average Bonchev–Trinajstić information content (AvgIpc) is 2.67. The second kappa shape index (κ2) is 24.4. The van der Waals surface area contributed by atoms with Gasteiger partial charge in [-0.25, -0.2) is 0 Å². The van der Waals surface area contributed by atoms with Gasteiger partial charge in [0, 0.05) is 6.54 Å². The van der Waals surface area contributed by atoms with Gasteiger partial charge in [-0.1, -0.05) is 109 Å². The Kier molecular flexibility index (Phi) is 26.8. The Morgan fingerprint density at radius 3 is 1.67 bits per heavy atom. The van der Waals surface area contributed by atoms with Gasteiger partial charge in [0.05, 0.1) is 5.75 Å². The summed E-state index contributed by atoms with van der Waals surface area (Å²) in [6.07, 6.45) is 24.5. The fourth-order valence-electron chi connectivity index (χ4n) is 3.31. The van der Waals surface area contributed by atoms with Crippen LogP contribution < -0.4 is 56.5 Å². The van der Waals surface area contributed by atoms with Crippen molar-refractivity contribution in [3.05, 3.63) is 12.2 Å². The Morgan fingerprint density at radius 2 is 1.23 bits per heavy atom. The van der Waals surface area contributed by atoms with Crippen molar-refractivity contribution in [3.63, 3.8) is 0 Å². The summed E-state index contributed by atoms with van der Waals surface area (Å²) in [7, 11) is -3.96. The molecule has 0 amide bonds. The third kappa shape index (κ3) is 28.8. The normalized spacial score (nSPS) is 12.4. The van der Waals surface area contributed by atoms with Gasteiger partial charge in [0.15, 0.2) is 0 Å². The minimum atomic E-state index is -3.96. The quantitative estimate of drug-likeness (QED) is 0.0920. The summed E-state index contributed by atoms with van der Waals surface area (Å²) >= 11 is 0. The fourth-order valence-corrected chi connectivity index (χ4v) is 3.80. The van der Waals surface area contributed by atoms with Crippen LogP contribution in [0.1, 0.15) is 116 Å². The molecular formula is C23H44KNO4S. The third-order valence-corrected chi connectivity index (χ3v) is 5.87. The minimum absolute atomic E-state index is 0. The van der Waals surface area contributed by atoms with Gasteiger partial charge in [-0.15, -0.1) is 0 Å². The summed E-state index contributed by atoms with van der Waals surface area (Å²) in [5.41, 5.74) is 0. The molecule has 0 aliphatic heterocycles. The van der Waals surface area contributed by atoms with Gasteiger partial charge in [-0.2, -0.15) is 8.42 Å². The number of hydrogen-bond donors (Lipinski definition) is 1. The fraction of sp³-hybridized carbons (Fsp3) is 0.870. The Bertz CT molecular complexity index is 521. The molecular weight excluding hydrogens is 425 g/mol. The van der Waals surface area contributed by atoms with E-state index in [1.807, 2.05) is 6.08 Å². The maximum Gasteiger partial charge on any atom is 1.00 e. The van der Waals surface area contributed by atoms with E-state index in [1.165, 1.54) is 96.0 Å². The van der Waals surface area contributed by atoms with Crippen LogP contribution in [0.15, 0.2) is 17.1 Å². The van der Waals surface area contributed by atoms with E-state index in [0.717, 1.165) is 12.8 Å². The zero-order valence-electron chi connectivity index (χ0n) is 19.6. The van der Waals surface area contributed by atoms with Gasteiger partial charge >= 0.3 is 51.4 Å². The Labute approximate surface area is 228 Å². The molecule has 0 atom stereocenters. The number of aliphatic imine (C=N–C) groups is 1. The first-order chi connectivity index (χ1) is 14.0. The predicted octanol–water partition coefficient (Wildman–Crippen LogP) is 2.84. The van der Waals surface area contributed by atoms with Crippen molar-refractivity contribution in [1.82, 2.24) is 0 Å². The van der Waals surface area contributed by atoms with Crippen molar-refractivity contribution in [1.29, 1.82) is 0 Å². The Morgan fingerprint density at radius 1 is 0.800 bits per heavy atom. The molecule has 0 aromatic rings. The summed E-state index contributed by atoms with van der Waals surface area (Å²) in [6.45, 7) is 2.39. The summed E-state index contributed by atoms with van der Waals surface area (Å²) in [5.74, 6) is -0.687. The molecule has 0 unspecified atom stereocenters. The Balaban J connectivity index is 0. The van der Waals surface area contributed by atoms with E-state index in [-0.39, 0.29) is 76.0 Å². The van der Waals surface area contributed by atoms with E-state index < -0.39 is 10.1 Å². The maximum absolute atomic E-state index is 11.5. The summed E-state index contributed by atoms with van der Waals surface area (Å²) < 4.78 is 29.7. The molecule has 0 saturated heterocycles. The summed E-state index contributed by atoms with van der Waals surface area (Å²) in [4.78, 5) is 3.74. The molecule has 30 heavy (non-hydrogen) atoms. The molecule has 172 valence electrons. The SMILES string of the molecule is CCCCCCCCCCCCCCCCC/C=C/C([O-])=NCCCS(=O)(=O)O.[K+].